The molecule has 1 aromatic heterocycles. The lowest BCUT2D eigenvalue weighted by Crippen LogP contribution is -2.42. The maximum Gasteiger partial charge on any atom is 0.414 e. The van der Waals surface area contributed by atoms with Gasteiger partial charge in [0.1, 0.15) is 12.6 Å². The van der Waals surface area contributed by atoms with E-state index in [2.05, 4.69) is 22.6 Å². The molecule has 174 valence electrons. The second-order valence-electron chi connectivity index (χ2n) is 8.57. The van der Waals surface area contributed by atoms with Crippen LogP contribution in [0.3, 0.4) is 0 Å². The molecule has 0 bridgehead atoms. The molecule has 1 fully saturated rings. The van der Waals surface area contributed by atoms with Gasteiger partial charge in [-0.25, -0.2) is 9.59 Å². The Kier molecular flexibility index (Phi) is 5.53. The van der Waals surface area contributed by atoms with Gasteiger partial charge < -0.3 is 19.3 Å². The normalized spacial score (nSPS) is 18.9. The first-order chi connectivity index (χ1) is 16.4. The zero-order chi connectivity index (χ0) is 23.8. The highest BCUT2D eigenvalue weighted by Gasteiger charge is 2.40. The number of carboxylic acids is 1. The summed E-state index contributed by atoms with van der Waals surface area (Å²) in [4.78, 5) is 38.0. The smallest absolute Gasteiger partial charge is 0.414 e. The van der Waals surface area contributed by atoms with Crippen molar-refractivity contribution in [2.75, 3.05) is 18.5 Å². The average molecular weight is 461 g/mol. The van der Waals surface area contributed by atoms with Gasteiger partial charge in [0, 0.05) is 18.5 Å². The number of aliphatic carboxylic acids is 1. The van der Waals surface area contributed by atoms with Crippen LogP contribution in [0.2, 0.25) is 0 Å². The average Bonchev–Trinajstić information content (AvgIpc) is 3.53. The number of aromatic nitrogens is 1. The number of likely N-dealkylation sites (tertiary alicyclic amines) is 1. The molecule has 1 saturated heterocycles. The van der Waals surface area contributed by atoms with Crippen LogP contribution in [0.15, 0.2) is 59.1 Å². The Bertz CT molecular complexity index is 1220. The molecule has 2 heterocycles. The van der Waals surface area contributed by atoms with E-state index < -0.39 is 24.0 Å². The molecule has 1 aliphatic heterocycles. The molecule has 5 rings (SSSR count). The number of carboxylic acid groups (broad SMARTS) is 1. The van der Waals surface area contributed by atoms with E-state index in [-0.39, 0.29) is 30.0 Å². The lowest BCUT2D eigenvalue weighted by atomic mass is 9.98. The summed E-state index contributed by atoms with van der Waals surface area (Å²) in [6.45, 7) is 2.24. The van der Waals surface area contributed by atoms with Crippen molar-refractivity contribution in [1.29, 1.82) is 0 Å². The first-order valence-corrected chi connectivity index (χ1v) is 11.1. The predicted molar refractivity (Wildman–Crippen MR) is 121 cm³/mol. The number of rotatable bonds is 5. The maximum atomic E-state index is 12.7. The Labute approximate surface area is 195 Å². The number of hydrogen-bond acceptors (Lipinski definition) is 6. The summed E-state index contributed by atoms with van der Waals surface area (Å²) < 4.78 is 10.5. The SMILES string of the molecule is CC1CCN(C(=O)c2cc(NC(=O)OCC3c4ccccc4-c4ccccc43)on2)C1C(=O)O. The van der Waals surface area contributed by atoms with Crippen LogP contribution >= 0.6 is 0 Å². The number of fused-ring (bicyclic) bond motifs is 3. The van der Waals surface area contributed by atoms with Gasteiger partial charge in [-0.1, -0.05) is 60.6 Å². The van der Waals surface area contributed by atoms with Gasteiger partial charge in [-0.05, 0) is 34.6 Å². The minimum atomic E-state index is -1.06. The molecule has 2 atom stereocenters. The molecule has 9 nitrogen and oxygen atoms in total. The molecule has 2 unspecified atom stereocenters. The van der Waals surface area contributed by atoms with Crippen molar-refractivity contribution in [3.8, 4) is 11.1 Å². The number of anilines is 1. The summed E-state index contributed by atoms with van der Waals surface area (Å²) in [6.07, 6.45) is -0.152. The van der Waals surface area contributed by atoms with Crippen molar-refractivity contribution < 1.29 is 28.8 Å². The molecule has 1 aliphatic carbocycles. The summed E-state index contributed by atoms with van der Waals surface area (Å²) >= 11 is 0. The molecule has 2 aliphatic rings. The molecular formula is C25H23N3O6. The van der Waals surface area contributed by atoms with Crippen LogP contribution in [-0.2, 0) is 9.53 Å². The van der Waals surface area contributed by atoms with E-state index in [0.717, 1.165) is 22.3 Å². The van der Waals surface area contributed by atoms with Crippen molar-refractivity contribution in [1.82, 2.24) is 10.1 Å². The van der Waals surface area contributed by atoms with Gasteiger partial charge in [-0.15, -0.1) is 0 Å². The van der Waals surface area contributed by atoms with E-state index in [9.17, 15) is 19.5 Å². The predicted octanol–water partition coefficient (Wildman–Crippen LogP) is 3.97. The third-order valence-electron chi connectivity index (χ3n) is 6.51. The van der Waals surface area contributed by atoms with E-state index in [1.54, 1.807) is 6.92 Å². The Balaban J connectivity index is 1.23. The topological polar surface area (TPSA) is 122 Å². The molecule has 0 spiro atoms. The highest BCUT2D eigenvalue weighted by atomic mass is 16.6. The number of benzene rings is 2. The molecule has 34 heavy (non-hydrogen) atoms. The van der Waals surface area contributed by atoms with Gasteiger partial charge >= 0.3 is 12.1 Å². The summed E-state index contributed by atoms with van der Waals surface area (Å²) in [5, 5.41) is 15.6. The largest absolute Gasteiger partial charge is 0.480 e. The van der Waals surface area contributed by atoms with Gasteiger partial charge in [-0.3, -0.25) is 10.1 Å². The van der Waals surface area contributed by atoms with Crippen molar-refractivity contribution >= 4 is 23.9 Å². The van der Waals surface area contributed by atoms with Gasteiger partial charge in [0.05, 0.1) is 0 Å². The summed E-state index contributed by atoms with van der Waals surface area (Å²) in [6, 6.07) is 16.4. The summed E-state index contributed by atoms with van der Waals surface area (Å²) in [7, 11) is 0. The van der Waals surface area contributed by atoms with Crippen molar-refractivity contribution in [3.05, 3.63) is 71.4 Å². The number of amides is 2. The fraction of sp³-hybridized carbons (Fsp3) is 0.280. The van der Waals surface area contributed by atoms with Crippen LogP contribution < -0.4 is 5.32 Å². The van der Waals surface area contributed by atoms with Crippen molar-refractivity contribution in [3.63, 3.8) is 0 Å². The van der Waals surface area contributed by atoms with Gasteiger partial charge in [0.15, 0.2) is 5.69 Å². The minimum Gasteiger partial charge on any atom is -0.480 e. The Morgan fingerprint density at radius 2 is 1.76 bits per heavy atom. The van der Waals surface area contributed by atoms with Crippen molar-refractivity contribution in [2.45, 2.75) is 25.3 Å². The molecule has 0 saturated carbocycles. The van der Waals surface area contributed by atoms with Gasteiger partial charge in [0.25, 0.3) is 5.91 Å². The van der Waals surface area contributed by atoms with E-state index >= 15 is 0 Å². The van der Waals surface area contributed by atoms with E-state index in [1.165, 1.54) is 11.0 Å². The maximum absolute atomic E-state index is 12.7. The fourth-order valence-corrected chi connectivity index (χ4v) is 4.87. The number of carbonyl (C=O) groups is 3. The van der Waals surface area contributed by atoms with Gasteiger partial charge in [-0.2, -0.15) is 0 Å². The quantitative estimate of drug-likeness (QED) is 0.589. The van der Waals surface area contributed by atoms with Crippen LogP contribution in [0.5, 0.6) is 0 Å². The zero-order valence-electron chi connectivity index (χ0n) is 18.4. The molecular weight excluding hydrogens is 438 g/mol. The highest BCUT2D eigenvalue weighted by Crippen LogP contribution is 2.44. The number of hydrogen-bond donors (Lipinski definition) is 2. The minimum absolute atomic E-state index is 0.0558. The molecule has 3 aromatic rings. The van der Waals surface area contributed by atoms with Crippen LogP contribution in [0.1, 0.15) is 40.9 Å². The lowest BCUT2D eigenvalue weighted by Gasteiger charge is -2.22. The second-order valence-corrected chi connectivity index (χ2v) is 8.57. The van der Waals surface area contributed by atoms with E-state index in [4.69, 9.17) is 9.26 Å². The van der Waals surface area contributed by atoms with Crippen LogP contribution in [0.4, 0.5) is 10.7 Å². The number of ether oxygens (including phenoxy) is 1. The first kappa shape index (κ1) is 21.7. The lowest BCUT2D eigenvalue weighted by molar-refractivity contribution is -0.142. The standard InChI is InChI=1S/C25H23N3O6/c1-14-10-11-28(22(14)24(30)31)23(29)20-12-21(34-27-20)26-25(32)33-13-19-17-8-4-2-6-15(17)16-7-3-5-9-18(16)19/h2-9,12,14,19,22H,10-11,13H2,1H3,(H,26,32)(H,30,31). The fourth-order valence-electron chi connectivity index (χ4n) is 4.87. The third kappa shape index (κ3) is 3.79. The monoisotopic (exact) mass is 461 g/mol. The first-order valence-electron chi connectivity index (χ1n) is 11.1. The summed E-state index contributed by atoms with van der Waals surface area (Å²) in [5.41, 5.74) is 4.37. The van der Waals surface area contributed by atoms with Crippen molar-refractivity contribution in [2.24, 2.45) is 5.92 Å². The van der Waals surface area contributed by atoms with Gasteiger partial charge in [0.2, 0.25) is 5.88 Å². The Morgan fingerprint density at radius 3 is 2.41 bits per heavy atom. The highest BCUT2D eigenvalue weighted by molar-refractivity contribution is 5.96. The molecule has 2 aromatic carbocycles. The van der Waals surface area contributed by atoms with Crippen LogP contribution in [0, 0.1) is 5.92 Å². The number of nitrogens with one attached hydrogen (secondary N) is 1. The van der Waals surface area contributed by atoms with E-state index in [0.29, 0.717) is 13.0 Å². The zero-order valence-corrected chi connectivity index (χ0v) is 18.4. The molecule has 2 N–H and O–H groups in total. The molecule has 9 heteroatoms. The number of nitrogens with zero attached hydrogens (tertiary/aromatic N) is 2. The van der Waals surface area contributed by atoms with Crippen LogP contribution in [-0.4, -0.2) is 52.3 Å². The Hall–Kier alpha value is -4.14. The molecule has 0 radical (unpaired) electrons. The Morgan fingerprint density at radius 1 is 1.12 bits per heavy atom. The second kappa shape index (κ2) is 8.66. The molecule has 2 amide bonds. The summed E-state index contributed by atoms with van der Waals surface area (Å²) in [5.74, 6) is -1.92. The van der Waals surface area contributed by atoms with Crippen LogP contribution in [0.25, 0.3) is 11.1 Å². The number of carbonyl (C=O) groups excluding carboxylic acids is 2. The third-order valence-corrected chi connectivity index (χ3v) is 6.51. The van der Waals surface area contributed by atoms with E-state index in [1.807, 2.05) is 36.4 Å².